The van der Waals surface area contributed by atoms with E-state index in [4.69, 9.17) is 4.74 Å². The van der Waals surface area contributed by atoms with Crippen LogP contribution in [-0.2, 0) is 11.2 Å². The molecule has 3 rings (SSSR count). The topological polar surface area (TPSA) is 42.4 Å². The summed E-state index contributed by atoms with van der Waals surface area (Å²) in [5, 5.41) is 0.781. The van der Waals surface area contributed by atoms with Gasteiger partial charge in [-0.25, -0.2) is 4.98 Å². The Morgan fingerprint density at radius 3 is 2.91 bits per heavy atom. The van der Waals surface area contributed by atoms with Crippen LogP contribution < -0.4 is 0 Å². The lowest BCUT2D eigenvalue weighted by Gasteiger charge is -2.33. The molecule has 1 atom stereocenters. The van der Waals surface area contributed by atoms with Crippen LogP contribution in [0.1, 0.15) is 15.9 Å². The zero-order valence-electron chi connectivity index (χ0n) is 13.1. The fraction of sp³-hybridized carbons (Fsp3) is 0.333. The summed E-state index contributed by atoms with van der Waals surface area (Å²) in [4.78, 5) is 19.0. The monoisotopic (exact) mass is 328 g/mol. The van der Waals surface area contributed by atoms with E-state index in [9.17, 15) is 4.79 Å². The standard InChI is InChI=1S/C18H20N2O2S/c1-23-17-16(8-5-9-19-17)18(21)20-10-11-22-15(13-20)12-14-6-3-2-4-7-14/h2-9,15H,10-13H2,1H3/t15-/m1/s1. The van der Waals surface area contributed by atoms with Crippen molar-refractivity contribution in [3.8, 4) is 0 Å². The van der Waals surface area contributed by atoms with E-state index in [1.165, 1.54) is 17.3 Å². The number of benzene rings is 1. The first-order valence-corrected chi connectivity index (χ1v) is 8.94. The fourth-order valence-corrected chi connectivity index (χ4v) is 3.33. The molecule has 2 aromatic rings. The molecule has 1 aliphatic heterocycles. The van der Waals surface area contributed by atoms with Gasteiger partial charge in [0, 0.05) is 25.7 Å². The Kier molecular flexibility index (Phi) is 5.31. The van der Waals surface area contributed by atoms with Gasteiger partial charge in [-0.2, -0.15) is 0 Å². The Morgan fingerprint density at radius 1 is 1.30 bits per heavy atom. The molecule has 4 nitrogen and oxygen atoms in total. The maximum atomic E-state index is 12.8. The van der Waals surface area contributed by atoms with E-state index < -0.39 is 0 Å². The molecule has 1 fully saturated rings. The summed E-state index contributed by atoms with van der Waals surface area (Å²) in [6, 6.07) is 13.9. The summed E-state index contributed by atoms with van der Waals surface area (Å²) in [7, 11) is 0. The lowest BCUT2D eigenvalue weighted by molar-refractivity contribution is -0.0209. The van der Waals surface area contributed by atoms with Gasteiger partial charge in [0.05, 0.1) is 18.3 Å². The van der Waals surface area contributed by atoms with E-state index in [2.05, 4.69) is 17.1 Å². The molecule has 0 aliphatic carbocycles. The Balaban J connectivity index is 1.69. The van der Waals surface area contributed by atoms with Crippen LogP contribution in [0.2, 0.25) is 0 Å². The molecule has 5 heteroatoms. The van der Waals surface area contributed by atoms with Gasteiger partial charge in [-0.05, 0) is 24.0 Å². The van der Waals surface area contributed by atoms with Gasteiger partial charge in [0.15, 0.2) is 0 Å². The molecular formula is C18H20N2O2S. The van der Waals surface area contributed by atoms with E-state index in [1.54, 1.807) is 6.20 Å². The third kappa shape index (κ3) is 3.92. The fourth-order valence-electron chi connectivity index (χ4n) is 2.79. The third-order valence-electron chi connectivity index (χ3n) is 3.93. The number of hydrogen-bond acceptors (Lipinski definition) is 4. The van der Waals surface area contributed by atoms with Crippen molar-refractivity contribution in [2.75, 3.05) is 26.0 Å². The zero-order chi connectivity index (χ0) is 16.1. The van der Waals surface area contributed by atoms with Gasteiger partial charge in [-0.15, -0.1) is 11.8 Å². The number of pyridine rings is 1. The first-order chi connectivity index (χ1) is 11.3. The van der Waals surface area contributed by atoms with Crippen LogP contribution in [0.4, 0.5) is 0 Å². The predicted molar refractivity (Wildman–Crippen MR) is 91.8 cm³/mol. The van der Waals surface area contributed by atoms with Crippen molar-refractivity contribution >= 4 is 17.7 Å². The number of aromatic nitrogens is 1. The van der Waals surface area contributed by atoms with Gasteiger partial charge in [0.1, 0.15) is 5.03 Å². The Labute approximate surface area is 140 Å². The van der Waals surface area contributed by atoms with Gasteiger partial charge >= 0.3 is 0 Å². The Hall–Kier alpha value is -1.85. The van der Waals surface area contributed by atoms with Crippen molar-refractivity contribution in [3.05, 3.63) is 59.8 Å². The molecule has 2 heterocycles. The number of amides is 1. The molecule has 1 aliphatic rings. The highest BCUT2D eigenvalue weighted by Gasteiger charge is 2.26. The maximum Gasteiger partial charge on any atom is 0.256 e. The van der Waals surface area contributed by atoms with E-state index in [0.29, 0.717) is 25.3 Å². The molecule has 23 heavy (non-hydrogen) atoms. The van der Waals surface area contributed by atoms with E-state index in [0.717, 1.165) is 11.4 Å². The number of hydrogen-bond donors (Lipinski definition) is 0. The summed E-state index contributed by atoms with van der Waals surface area (Å²) < 4.78 is 5.84. The lowest BCUT2D eigenvalue weighted by Crippen LogP contribution is -2.46. The largest absolute Gasteiger partial charge is 0.374 e. The number of thioether (sulfide) groups is 1. The lowest BCUT2D eigenvalue weighted by atomic mass is 10.1. The van der Waals surface area contributed by atoms with Crippen LogP contribution in [0, 0.1) is 0 Å². The second kappa shape index (κ2) is 7.62. The molecule has 0 N–H and O–H groups in total. The number of carbonyl (C=O) groups excluding carboxylic acids is 1. The number of rotatable bonds is 4. The summed E-state index contributed by atoms with van der Waals surface area (Å²) >= 11 is 1.50. The molecule has 0 unspecified atom stereocenters. The maximum absolute atomic E-state index is 12.8. The SMILES string of the molecule is CSc1ncccc1C(=O)N1CCO[C@H](Cc2ccccc2)C1. The van der Waals surface area contributed by atoms with E-state index in [1.807, 2.05) is 41.5 Å². The third-order valence-corrected chi connectivity index (χ3v) is 4.64. The average molecular weight is 328 g/mol. The number of carbonyl (C=O) groups is 1. The molecule has 0 radical (unpaired) electrons. The quantitative estimate of drug-likeness (QED) is 0.810. The van der Waals surface area contributed by atoms with Gasteiger partial charge in [-0.3, -0.25) is 4.79 Å². The molecule has 1 aromatic carbocycles. The minimum atomic E-state index is 0.0452. The van der Waals surface area contributed by atoms with Crippen molar-refractivity contribution in [2.45, 2.75) is 17.6 Å². The molecule has 120 valence electrons. The Morgan fingerprint density at radius 2 is 2.13 bits per heavy atom. The average Bonchev–Trinajstić information content (AvgIpc) is 2.62. The second-order valence-electron chi connectivity index (χ2n) is 5.49. The predicted octanol–water partition coefficient (Wildman–Crippen LogP) is 2.89. The highest BCUT2D eigenvalue weighted by molar-refractivity contribution is 7.98. The molecule has 1 aromatic heterocycles. The van der Waals surface area contributed by atoms with Crippen LogP contribution in [0.25, 0.3) is 0 Å². The second-order valence-corrected chi connectivity index (χ2v) is 6.29. The summed E-state index contributed by atoms with van der Waals surface area (Å²) in [5.74, 6) is 0.0452. The van der Waals surface area contributed by atoms with Gasteiger partial charge in [0.2, 0.25) is 0 Å². The molecular weight excluding hydrogens is 308 g/mol. The minimum Gasteiger partial charge on any atom is -0.374 e. The van der Waals surface area contributed by atoms with Crippen LogP contribution in [0.3, 0.4) is 0 Å². The smallest absolute Gasteiger partial charge is 0.256 e. The van der Waals surface area contributed by atoms with E-state index >= 15 is 0 Å². The first-order valence-electron chi connectivity index (χ1n) is 7.71. The summed E-state index contributed by atoms with van der Waals surface area (Å²) in [6.07, 6.45) is 4.54. The number of morpholine rings is 1. The molecule has 0 spiro atoms. The number of ether oxygens (including phenoxy) is 1. The minimum absolute atomic E-state index is 0.0452. The van der Waals surface area contributed by atoms with Crippen molar-refractivity contribution in [1.82, 2.24) is 9.88 Å². The van der Waals surface area contributed by atoms with Crippen molar-refractivity contribution < 1.29 is 9.53 Å². The Bertz CT molecular complexity index is 663. The van der Waals surface area contributed by atoms with Crippen LogP contribution in [0.15, 0.2) is 53.7 Å². The summed E-state index contributed by atoms with van der Waals surface area (Å²) in [5.41, 5.74) is 1.92. The number of nitrogens with zero attached hydrogens (tertiary/aromatic N) is 2. The van der Waals surface area contributed by atoms with E-state index in [-0.39, 0.29) is 12.0 Å². The van der Waals surface area contributed by atoms with Crippen LogP contribution >= 0.6 is 11.8 Å². The summed E-state index contributed by atoms with van der Waals surface area (Å²) in [6.45, 7) is 1.83. The van der Waals surface area contributed by atoms with Gasteiger partial charge in [-0.1, -0.05) is 30.3 Å². The highest BCUT2D eigenvalue weighted by Crippen LogP contribution is 2.20. The van der Waals surface area contributed by atoms with Crippen molar-refractivity contribution in [2.24, 2.45) is 0 Å². The molecule has 0 saturated carbocycles. The first kappa shape index (κ1) is 16.0. The van der Waals surface area contributed by atoms with Crippen LogP contribution in [-0.4, -0.2) is 47.8 Å². The molecule has 1 amide bonds. The normalized spacial score (nSPS) is 18.0. The van der Waals surface area contributed by atoms with Crippen LogP contribution in [0.5, 0.6) is 0 Å². The highest BCUT2D eigenvalue weighted by atomic mass is 32.2. The zero-order valence-corrected chi connectivity index (χ0v) is 14.0. The van der Waals surface area contributed by atoms with Gasteiger partial charge < -0.3 is 9.64 Å². The molecule has 1 saturated heterocycles. The van der Waals surface area contributed by atoms with Crippen molar-refractivity contribution in [1.29, 1.82) is 0 Å². The molecule has 0 bridgehead atoms. The van der Waals surface area contributed by atoms with Gasteiger partial charge in [0.25, 0.3) is 5.91 Å². The van der Waals surface area contributed by atoms with Crippen molar-refractivity contribution in [3.63, 3.8) is 0 Å².